The zero-order valence-corrected chi connectivity index (χ0v) is 14.5. The number of aromatic nitrogens is 2. The maximum Gasteiger partial charge on any atom is 0.125 e. The minimum absolute atomic E-state index is 0.427. The van der Waals surface area contributed by atoms with Crippen LogP contribution >= 0.6 is 0 Å². The summed E-state index contributed by atoms with van der Waals surface area (Å²) in [6, 6.07) is 7.11. The molecule has 2 aromatic rings. The fourth-order valence-corrected chi connectivity index (χ4v) is 4.09. The van der Waals surface area contributed by atoms with E-state index in [1.165, 1.54) is 29.7 Å². The Morgan fingerprint density at radius 3 is 2.58 bits per heavy atom. The molecular formula is C19H23N3O2. The van der Waals surface area contributed by atoms with E-state index in [0.29, 0.717) is 12.1 Å². The summed E-state index contributed by atoms with van der Waals surface area (Å²) >= 11 is 0. The first-order chi connectivity index (χ1) is 11.7. The average Bonchev–Trinajstić information content (AvgIpc) is 2.87. The van der Waals surface area contributed by atoms with Gasteiger partial charge in [0.15, 0.2) is 0 Å². The van der Waals surface area contributed by atoms with Crippen LogP contribution in [0, 0.1) is 6.92 Å². The molecule has 0 N–H and O–H groups in total. The van der Waals surface area contributed by atoms with Crippen LogP contribution in [0.4, 0.5) is 0 Å². The Morgan fingerprint density at radius 2 is 1.88 bits per heavy atom. The highest BCUT2D eigenvalue weighted by Gasteiger charge is 2.40. The zero-order chi connectivity index (χ0) is 16.7. The van der Waals surface area contributed by atoms with Crippen LogP contribution in [0.25, 0.3) is 0 Å². The van der Waals surface area contributed by atoms with Gasteiger partial charge in [0.1, 0.15) is 17.3 Å². The van der Waals surface area contributed by atoms with Gasteiger partial charge in [0.2, 0.25) is 0 Å². The molecule has 1 fully saturated rings. The molecule has 2 aliphatic rings. The van der Waals surface area contributed by atoms with Crippen molar-refractivity contribution in [2.75, 3.05) is 14.2 Å². The molecule has 5 nitrogen and oxygen atoms in total. The number of methoxy groups -OCH3 is 2. The predicted octanol–water partition coefficient (Wildman–Crippen LogP) is 3.06. The molecule has 24 heavy (non-hydrogen) atoms. The van der Waals surface area contributed by atoms with Crippen molar-refractivity contribution in [3.05, 3.63) is 47.0 Å². The molecule has 0 unspecified atom stereocenters. The van der Waals surface area contributed by atoms with Crippen molar-refractivity contribution >= 4 is 0 Å². The summed E-state index contributed by atoms with van der Waals surface area (Å²) in [5.41, 5.74) is 3.78. The van der Waals surface area contributed by atoms with Crippen LogP contribution in [0.5, 0.6) is 11.5 Å². The highest BCUT2D eigenvalue weighted by atomic mass is 16.5. The molecule has 1 aromatic carbocycles. The molecule has 2 atom stereocenters. The lowest BCUT2D eigenvalue weighted by Crippen LogP contribution is -2.37. The summed E-state index contributed by atoms with van der Waals surface area (Å²) in [5, 5.41) is 0. The Balaban J connectivity index is 1.63. The molecule has 1 aromatic heterocycles. The van der Waals surface area contributed by atoms with Crippen LogP contribution in [0.3, 0.4) is 0 Å². The van der Waals surface area contributed by atoms with Gasteiger partial charge >= 0.3 is 0 Å². The fourth-order valence-electron chi connectivity index (χ4n) is 4.09. The van der Waals surface area contributed by atoms with Crippen LogP contribution in [-0.4, -0.2) is 35.1 Å². The van der Waals surface area contributed by atoms with Gasteiger partial charge in [-0.15, -0.1) is 0 Å². The van der Waals surface area contributed by atoms with Gasteiger partial charge in [0.25, 0.3) is 0 Å². The van der Waals surface area contributed by atoms with Gasteiger partial charge in [0.05, 0.1) is 19.9 Å². The minimum atomic E-state index is 0.427. The summed E-state index contributed by atoms with van der Waals surface area (Å²) < 4.78 is 10.8. The third-order valence-electron chi connectivity index (χ3n) is 5.23. The van der Waals surface area contributed by atoms with Gasteiger partial charge in [-0.3, -0.25) is 4.90 Å². The lowest BCUT2D eigenvalue weighted by atomic mass is 9.98. The molecule has 126 valence electrons. The fraction of sp³-hybridized carbons (Fsp3) is 0.474. The van der Waals surface area contributed by atoms with E-state index in [1.807, 2.05) is 19.2 Å². The van der Waals surface area contributed by atoms with Crippen LogP contribution < -0.4 is 9.47 Å². The smallest absolute Gasteiger partial charge is 0.125 e. The van der Waals surface area contributed by atoms with Crippen LogP contribution in [0.2, 0.25) is 0 Å². The lowest BCUT2D eigenvalue weighted by molar-refractivity contribution is 0.165. The summed E-state index contributed by atoms with van der Waals surface area (Å²) in [6.07, 6.45) is 5.46. The third kappa shape index (κ3) is 2.63. The van der Waals surface area contributed by atoms with Gasteiger partial charge in [-0.25, -0.2) is 9.97 Å². The second-order valence-corrected chi connectivity index (χ2v) is 6.66. The van der Waals surface area contributed by atoms with Crippen molar-refractivity contribution in [2.45, 2.75) is 44.8 Å². The van der Waals surface area contributed by atoms with E-state index in [0.717, 1.165) is 30.3 Å². The summed E-state index contributed by atoms with van der Waals surface area (Å²) in [4.78, 5) is 11.7. The second kappa shape index (κ2) is 6.06. The SMILES string of the molecule is COc1cc(CN2[C@H]3CC[C@H]2c2cnc(C)nc2C3)cc(OC)c1. The number of hydrogen-bond acceptors (Lipinski definition) is 5. The molecule has 0 spiro atoms. The molecule has 0 amide bonds. The van der Waals surface area contributed by atoms with E-state index >= 15 is 0 Å². The molecule has 0 saturated carbocycles. The largest absolute Gasteiger partial charge is 0.497 e. The molecular weight excluding hydrogens is 302 g/mol. The monoisotopic (exact) mass is 325 g/mol. The topological polar surface area (TPSA) is 47.5 Å². The first kappa shape index (κ1) is 15.4. The van der Waals surface area contributed by atoms with Crippen molar-refractivity contribution < 1.29 is 9.47 Å². The molecule has 2 bridgehead atoms. The number of rotatable bonds is 4. The van der Waals surface area contributed by atoms with Crippen molar-refractivity contribution in [2.24, 2.45) is 0 Å². The normalized spacial score (nSPS) is 22.3. The van der Waals surface area contributed by atoms with Gasteiger partial charge in [-0.2, -0.15) is 0 Å². The maximum atomic E-state index is 5.41. The summed E-state index contributed by atoms with van der Waals surface area (Å²) in [5.74, 6) is 2.56. The van der Waals surface area contributed by atoms with E-state index in [1.54, 1.807) is 14.2 Å². The van der Waals surface area contributed by atoms with Crippen LogP contribution in [0.1, 0.15) is 41.5 Å². The molecule has 1 saturated heterocycles. The van der Waals surface area contributed by atoms with Crippen molar-refractivity contribution in [1.29, 1.82) is 0 Å². The molecule has 3 heterocycles. The predicted molar refractivity (Wildman–Crippen MR) is 91.3 cm³/mol. The van der Waals surface area contributed by atoms with Crippen molar-refractivity contribution in [1.82, 2.24) is 14.9 Å². The highest BCUT2D eigenvalue weighted by Crippen LogP contribution is 2.44. The molecule has 0 aliphatic carbocycles. The minimum Gasteiger partial charge on any atom is -0.497 e. The lowest BCUT2D eigenvalue weighted by Gasteiger charge is -2.35. The van der Waals surface area contributed by atoms with E-state index < -0.39 is 0 Å². The quantitative estimate of drug-likeness (QED) is 0.864. The number of ether oxygens (including phenoxy) is 2. The first-order valence-electron chi connectivity index (χ1n) is 8.48. The molecule has 5 heteroatoms. The number of fused-ring (bicyclic) bond motifs is 4. The van der Waals surface area contributed by atoms with Gasteiger partial charge in [0, 0.05) is 42.9 Å². The Labute approximate surface area is 142 Å². The molecule has 4 rings (SSSR count). The maximum absolute atomic E-state index is 5.41. The second-order valence-electron chi connectivity index (χ2n) is 6.66. The highest BCUT2D eigenvalue weighted by molar-refractivity contribution is 5.39. The number of aryl methyl sites for hydroxylation is 1. The van der Waals surface area contributed by atoms with Crippen molar-refractivity contribution in [3.8, 4) is 11.5 Å². The number of nitrogens with zero attached hydrogens (tertiary/aromatic N) is 3. The van der Waals surface area contributed by atoms with E-state index in [4.69, 9.17) is 9.47 Å². The van der Waals surface area contributed by atoms with E-state index in [9.17, 15) is 0 Å². The Kier molecular flexibility index (Phi) is 3.88. The Bertz CT molecular complexity index is 740. The van der Waals surface area contributed by atoms with Crippen LogP contribution in [0.15, 0.2) is 24.4 Å². The van der Waals surface area contributed by atoms with E-state index in [2.05, 4.69) is 27.0 Å². The molecule has 2 aliphatic heterocycles. The Hall–Kier alpha value is -2.14. The Morgan fingerprint density at radius 1 is 1.12 bits per heavy atom. The van der Waals surface area contributed by atoms with E-state index in [-0.39, 0.29) is 0 Å². The van der Waals surface area contributed by atoms with Gasteiger partial charge in [-0.1, -0.05) is 0 Å². The molecule has 0 radical (unpaired) electrons. The summed E-state index contributed by atoms with van der Waals surface area (Å²) in [7, 11) is 3.39. The number of hydrogen-bond donors (Lipinski definition) is 0. The van der Waals surface area contributed by atoms with Gasteiger partial charge < -0.3 is 9.47 Å². The van der Waals surface area contributed by atoms with Gasteiger partial charge in [-0.05, 0) is 37.5 Å². The standard InChI is InChI=1S/C19H23N3O2/c1-12-20-10-17-18(21-12)8-14-4-5-19(17)22(14)11-13-6-15(23-2)9-16(7-13)24-3/h6-7,9-10,14,19H,4-5,8,11H2,1-3H3/t14-,19-/m0/s1. The zero-order valence-electron chi connectivity index (χ0n) is 14.5. The number of benzene rings is 1. The average molecular weight is 325 g/mol. The van der Waals surface area contributed by atoms with Crippen LogP contribution in [-0.2, 0) is 13.0 Å². The van der Waals surface area contributed by atoms with Crippen molar-refractivity contribution in [3.63, 3.8) is 0 Å². The summed E-state index contributed by atoms with van der Waals surface area (Å²) in [6.45, 7) is 2.87. The third-order valence-corrected chi connectivity index (χ3v) is 5.23. The first-order valence-corrected chi connectivity index (χ1v) is 8.48.